The summed E-state index contributed by atoms with van der Waals surface area (Å²) in [5, 5.41) is 4.46. The Kier molecular flexibility index (Phi) is 2.73. The molecule has 102 valence electrons. The van der Waals surface area contributed by atoms with Crippen LogP contribution in [0.4, 0.5) is 5.82 Å². The highest BCUT2D eigenvalue weighted by molar-refractivity contribution is 7.19. The second-order valence-corrected chi connectivity index (χ2v) is 6.13. The molecule has 0 saturated heterocycles. The van der Waals surface area contributed by atoms with E-state index in [9.17, 15) is 0 Å². The predicted molar refractivity (Wildman–Crippen MR) is 81.3 cm³/mol. The first-order valence-corrected chi connectivity index (χ1v) is 7.71. The Labute approximate surface area is 120 Å². The fraction of sp³-hybridized carbons (Fsp3) is 0.333. The van der Waals surface area contributed by atoms with Gasteiger partial charge in [-0.2, -0.15) is 0 Å². The highest BCUT2D eigenvalue weighted by Crippen LogP contribution is 2.39. The number of nitrogens with one attached hydrogen (secondary N) is 1. The Balaban J connectivity index is 1.99. The van der Waals surface area contributed by atoms with E-state index in [0.717, 1.165) is 28.5 Å². The van der Waals surface area contributed by atoms with Crippen molar-refractivity contribution in [3.8, 4) is 11.4 Å². The molecule has 1 N–H and O–H groups in total. The SMILES string of the molecule is CNc1nc(-c2ccoc2)nc2sc3c(c12)CCCC3. The van der Waals surface area contributed by atoms with Gasteiger partial charge < -0.3 is 9.73 Å². The van der Waals surface area contributed by atoms with Gasteiger partial charge >= 0.3 is 0 Å². The van der Waals surface area contributed by atoms with Crippen LogP contribution >= 0.6 is 11.3 Å². The summed E-state index contributed by atoms with van der Waals surface area (Å²) in [6, 6.07) is 1.90. The van der Waals surface area contributed by atoms with Crippen molar-refractivity contribution in [1.29, 1.82) is 0 Å². The van der Waals surface area contributed by atoms with E-state index < -0.39 is 0 Å². The number of hydrogen-bond donors (Lipinski definition) is 1. The summed E-state index contributed by atoms with van der Waals surface area (Å²) in [5.41, 5.74) is 2.38. The molecule has 0 amide bonds. The maximum atomic E-state index is 5.14. The van der Waals surface area contributed by atoms with Crippen molar-refractivity contribution < 1.29 is 4.42 Å². The van der Waals surface area contributed by atoms with E-state index in [2.05, 4.69) is 10.3 Å². The van der Waals surface area contributed by atoms with Gasteiger partial charge in [0, 0.05) is 11.9 Å². The Morgan fingerprint density at radius 1 is 1.25 bits per heavy atom. The maximum Gasteiger partial charge on any atom is 0.166 e. The summed E-state index contributed by atoms with van der Waals surface area (Å²) in [5.74, 6) is 1.67. The summed E-state index contributed by atoms with van der Waals surface area (Å²) in [4.78, 5) is 12.0. The van der Waals surface area contributed by atoms with Gasteiger partial charge in [0.15, 0.2) is 5.82 Å². The van der Waals surface area contributed by atoms with Gasteiger partial charge in [0.05, 0.1) is 17.2 Å². The number of thiophene rings is 1. The lowest BCUT2D eigenvalue weighted by molar-refractivity contribution is 0.568. The zero-order chi connectivity index (χ0) is 13.5. The minimum absolute atomic E-state index is 0.731. The largest absolute Gasteiger partial charge is 0.472 e. The molecule has 1 aliphatic carbocycles. The van der Waals surface area contributed by atoms with Crippen molar-refractivity contribution in [2.75, 3.05) is 12.4 Å². The van der Waals surface area contributed by atoms with Crippen LogP contribution in [-0.4, -0.2) is 17.0 Å². The Bertz CT molecular complexity index is 761. The number of nitrogens with zero attached hydrogens (tertiary/aromatic N) is 2. The zero-order valence-electron chi connectivity index (χ0n) is 11.3. The lowest BCUT2D eigenvalue weighted by Gasteiger charge is -2.11. The van der Waals surface area contributed by atoms with E-state index in [1.807, 2.05) is 24.5 Å². The number of aromatic nitrogens is 2. The molecule has 0 bridgehead atoms. The molecular weight excluding hydrogens is 270 g/mol. The van der Waals surface area contributed by atoms with Gasteiger partial charge in [0.2, 0.25) is 0 Å². The van der Waals surface area contributed by atoms with E-state index in [1.54, 1.807) is 12.5 Å². The molecular formula is C15H15N3OS. The first-order valence-electron chi connectivity index (χ1n) is 6.89. The van der Waals surface area contributed by atoms with Crippen LogP contribution in [0.25, 0.3) is 21.6 Å². The van der Waals surface area contributed by atoms with Gasteiger partial charge in [0.1, 0.15) is 16.9 Å². The van der Waals surface area contributed by atoms with E-state index in [0.29, 0.717) is 0 Å². The molecule has 0 saturated carbocycles. The second kappa shape index (κ2) is 4.59. The third kappa shape index (κ3) is 1.73. The Morgan fingerprint density at radius 3 is 2.95 bits per heavy atom. The highest BCUT2D eigenvalue weighted by atomic mass is 32.1. The number of aryl methyl sites for hydroxylation is 2. The summed E-state index contributed by atoms with van der Waals surface area (Å²) in [6.45, 7) is 0. The van der Waals surface area contributed by atoms with Gasteiger partial charge in [0.25, 0.3) is 0 Å². The molecule has 0 unspecified atom stereocenters. The van der Waals surface area contributed by atoms with E-state index in [4.69, 9.17) is 9.40 Å². The monoisotopic (exact) mass is 285 g/mol. The number of furan rings is 1. The summed E-state index contributed by atoms with van der Waals surface area (Å²) in [7, 11) is 1.92. The molecule has 4 nitrogen and oxygen atoms in total. The van der Waals surface area contributed by atoms with Gasteiger partial charge in [-0.05, 0) is 37.3 Å². The van der Waals surface area contributed by atoms with Crippen LogP contribution in [-0.2, 0) is 12.8 Å². The highest BCUT2D eigenvalue weighted by Gasteiger charge is 2.21. The molecule has 1 aliphatic rings. The Morgan fingerprint density at radius 2 is 2.15 bits per heavy atom. The van der Waals surface area contributed by atoms with E-state index >= 15 is 0 Å². The lowest BCUT2D eigenvalue weighted by Crippen LogP contribution is -2.01. The van der Waals surface area contributed by atoms with Gasteiger partial charge in [-0.3, -0.25) is 0 Å². The van der Waals surface area contributed by atoms with Crippen LogP contribution in [0.3, 0.4) is 0 Å². The van der Waals surface area contributed by atoms with Crippen LogP contribution in [0.5, 0.6) is 0 Å². The molecule has 5 heteroatoms. The third-order valence-electron chi connectivity index (χ3n) is 3.83. The van der Waals surface area contributed by atoms with E-state index in [-0.39, 0.29) is 0 Å². The van der Waals surface area contributed by atoms with Crippen molar-refractivity contribution >= 4 is 27.4 Å². The van der Waals surface area contributed by atoms with Gasteiger partial charge in [-0.25, -0.2) is 9.97 Å². The van der Waals surface area contributed by atoms with Crippen molar-refractivity contribution in [2.24, 2.45) is 0 Å². The molecule has 3 heterocycles. The molecule has 20 heavy (non-hydrogen) atoms. The average Bonchev–Trinajstić information content (AvgIpc) is 3.13. The molecule has 0 aromatic carbocycles. The summed E-state index contributed by atoms with van der Waals surface area (Å²) >= 11 is 1.82. The molecule has 0 fully saturated rings. The average molecular weight is 285 g/mol. The van der Waals surface area contributed by atoms with Crippen LogP contribution < -0.4 is 5.32 Å². The molecule has 3 aromatic rings. The number of rotatable bonds is 2. The Hall–Kier alpha value is -1.88. The molecule has 4 rings (SSSR count). The zero-order valence-corrected chi connectivity index (χ0v) is 12.1. The number of hydrogen-bond acceptors (Lipinski definition) is 5. The van der Waals surface area contributed by atoms with Crippen LogP contribution in [0.15, 0.2) is 23.0 Å². The second-order valence-electron chi connectivity index (χ2n) is 5.05. The van der Waals surface area contributed by atoms with Crippen molar-refractivity contribution in [1.82, 2.24) is 9.97 Å². The van der Waals surface area contributed by atoms with Gasteiger partial charge in [-0.15, -0.1) is 11.3 Å². The fourth-order valence-electron chi connectivity index (χ4n) is 2.86. The minimum Gasteiger partial charge on any atom is -0.472 e. The summed E-state index contributed by atoms with van der Waals surface area (Å²) in [6.07, 6.45) is 8.23. The first kappa shape index (κ1) is 11.9. The van der Waals surface area contributed by atoms with Gasteiger partial charge in [-0.1, -0.05) is 0 Å². The maximum absolute atomic E-state index is 5.14. The normalized spacial score (nSPS) is 14.4. The summed E-state index contributed by atoms with van der Waals surface area (Å²) < 4.78 is 5.14. The third-order valence-corrected chi connectivity index (χ3v) is 5.02. The van der Waals surface area contributed by atoms with Crippen molar-refractivity contribution in [2.45, 2.75) is 25.7 Å². The van der Waals surface area contributed by atoms with Crippen LogP contribution in [0.2, 0.25) is 0 Å². The standard InChI is InChI=1S/C15H15N3OS/c1-16-14-12-10-4-2-3-5-11(10)20-15(12)18-13(17-14)9-6-7-19-8-9/h6-8H,2-5H2,1H3,(H,16,17,18). The first-order chi connectivity index (χ1) is 9.86. The number of fused-ring (bicyclic) bond motifs is 3. The molecule has 0 radical (unpaired) electrons. The topological polar surface area (TPSA) is 51.0 Å². The van der Waals surface area contributed by atoms with Crippen LogP contribution in [0.1, 0.15) is 23.3 Å². The molecule has 0 atom stereocenters. The smallest absolute Gasteiger partial charge is 0.166 e. The lowest BCUT2D eigenvalue weighted by atomic mass is 9.97. The molecule has 0 spiro atoms. The quantitative estimate of drug-likeness (QED) is 0.776. The van der Waals surface area contributed by atoms with Crippen molar-refractivity contribution in [3.05, 3.63) is 29.0 Å². The number of anilines is 1. The van der Waals surface area contributed by atoms with Crippen molar-refractivity contribution in [3.63, 3.8) is 0 Å². The predicted octanol–water partition coefficient (Wildman–Crippen LogP) is 3.87. The van der Waals surface area contributed by atoms with Crippen LogP contribution in [0, 0.1) is 0 Å². The van der Waals surface area contributed by atoms with E-state index in [1.165, 1.54) is 35.1 Å². The fourth-order valence-corrected chi connectivity index (χ4v) is 4.12. The minimum atomic E-state index is 0.731. The molecule has 3 aromatic heterocycles. The molecule has 0 aliphatic heterocycles.